The van der Waals surface area contributed by atoms with Gasteiger partial charge in [0.05, 0.1) is 5.57 Å². The molecule has 0 unspecified atom stereocenters. The van der Waals surface area contributed by atoms with Crippen LogP contribution in [0, 0.1) is 0 Å². The fourth-order valence-electron chi connectivity index (χ4n) is 3.08. The standard InChI is InChI=1S/C23H18O2/c1-2-16-10-12-18(13-11-16)22-15-20(23(24)25-22)14-19-8-5-7-17-6-3-4-9-21(17)19/h3-15H,2H2,1H3/b20-14-. The zero-order valence-corrected chi connectivity index (χ0v) is 14.0. The number of cyclic esters (lactones) is 1. The molecule has 0 fully saturated rings. The van der Waals surface area contributed by atoms with Crippen molar-refractivity contribution in [3.63, 3.8) is 0 Å². The molecule has 1 aliphatic heterocycles. The molecule has 1 heterocycles. The van der Waals surface area contributed by atoms with Crippen molar-refractivity contribution >= 4 is 28.6 Å². The molecule has 0 aromatic heterocycles. The van der Waals surface area contributed by atoms with E-state index >= 15 is 0 Å². The number of hydrogen-bond donors (Lipinski definition) is 0. The number of benzene rings is 3. The molecule has 122 valence electrons. The monoisotopic (exact) mass is 326 g/mol. The molecule has 0 amide bonds. The molecule has 2 heteroatoms. The van der Waals surface area contributed by atoms with Crippen LogP contribution >= 0.6 is 0 Å². The maximum atomic E-state index is 12.3. The summed E-state index contributed by atoms with van der Waals surface area (Å²) >= 11 is 0. The first-order valence-corrected chi connectivity index (χ1v) is 8.47. The highest BCUT2D eigenvalue weighted by atomic mass is 16.5. The minimum Gasteiger partial charge on any atom is -0.422 e. The summed E-state index contributed by atoms with van der Waals surface area (Å²) in [5.41, 5.74) is 3.78. The van der Waals surface area contributed by atoms with E-state index in [1.165, 1.54) is 5.56 Å². The van der Waals surface area contributed by atoms with Gasteiger partial charge in [-0.15, -0.1) is 0 Å². The Balaban J connectivity index is 1.73. The third kappa shape index (κ3) is 2.99. The van der Waals surface area contributed by atoms with E-state index in [1.54, 1.807) is 0 Å². The number of carbonyl (C=O) groups is 1. The second-order valence-electron chi connectivity index (χ2n) is 6.12. The van der Waals surface area contributed by atoms with Crippen LogP contribution in [0.4, 0.5) is 0 Å². The fourth-order valence-corrected chi connectivity index (χ4v) is 3.08. The zero-order valence-electron chi connectivity index (χ0n) is 14.0. The highest BCUT2D eigenvalue weighted by molar-refractivity contribution is 6.06. The van der Waals surface area contributed by atoms with Crippen molar-refractivity contribution in [1.82, 2.24) is 0 Å². The van der Waals surface area contributed by atoms with Crippen molar-refractivity contribution in [2.75, 3.05) is 0 Å². The summed E-state index contributed by atoms with van der Waals surface area (Å²) in [5, 5.41) is 2.28. The molecule has 25 heavy (non-hydrogen) atoms. The van der Waals surface area contributed by atoms with Gasteiger partial charge in [0.1, 0.15) is 5.76 Å². The predicted octanol–water partition coefficient (Wildman–Crippen LogP) is 5.38. The number of esters is 1. The summed E-state index contributed by atoms with van der Waals surface area (Å²) < 4.78 is 5.47. The number of rotatable bonds is 3. The summed E-state index contributed by atoms with van der Waals surface area (Å²) in [7, 11) is 0. The average molecular weight is 326 g/mol. The molecule has 0 atom stereocenters. The van der Waals surface area contributed by atoms with Gasteiger partial charge >= 0.3 is 5.97 Å². The van der Waals surface area contributed by atoms with Gasteiger partial charge in [-0.05, 0) is 40.5 Å². The van der Waals surface area contributed by atoms with Gasteiger partial charge in [0.2, 0.25) is 0 Å². The molecule has 0 bridgehead atoms. The molecule has 1 aliphatic rings. The SMILES string of the molecule is CCc1ccc(C2=C/C(=C/c3cccc4ccccc34)C(=O)O2)cc1. The lowest BCUT2D eigenvalue weighted by molar-refractivity contribution is -0.130. The molecule has 0 radical (unpaired) electrons. The van der Waals surface area contributed by atoms with Gasteiger partial charge < -0.3 is 4.74 Å². The van der Waals surface area contributed by atoms with Crippen LogP contribution in [0.2, 0.25) is 0 Å². The Morgan fingerprint density at radius 2 is 1.68 bits per heavy atom. The Labute approximate surface area is 147 Å². The van der Waals surface area contributed by atoms with Crippen molar-refractivity contribution in [2.24, 2.45) is 0 Å². The molecule has 0 N–H and O–H groups in total. The molecule has 2 nitrogen and oxygen atoms in total. The molecule has 3 aromatic carbocycles. The van der Waals surface area contributed by atoms with Gasteiger partial charge in [0, 0.05) is 5.56 Å². The fraction of sp³-hybridized carbons (Fsp3) is 0.0870. The predicted molar refractivity (Wildman–Crippen MR) is 102 cm³/mol. The van der Waals surface area contributed by atoms with Gasteiger partial charge in [0.15, 0.2) is 0 Å². The summed E-state index contributed by atoms with van der Waals surface area (Å²) in [6.07, 6.45) is 4.72. The van der Waals surface area contributed by atoms with Gasteiger partial charge in [0.25, 0.3) is 0 Å². The minimum absolute atomic E-state index is 0.303. The Hall–Kier alpha value is -3.13. The molecule has 0 spiro atoms. The number of fused-ring (bicyclic) bond motifs is 1. The van der Waals surface area contributed by atoms with Gasteiger partial charge in [-0.1, -0.05) is 73.7 Å². The van der Waals surface area contributed by atoms with Crippen molar-refractivity contribution in [1.29, 1.82) is 0 Å². The number of ether oxygens (including phenoxy) is 1. The first-order chi connectivity index (χ1) is 12.2. The Bertz CT molecular complexity index is 1000. The number of aryl methyl sites for hydroxylation is 1. The van der Waals surface area contributed by atoms with Crippen LogP contribution in [0.25, 0.3) is 22.6 Å². The number of hydrogen-bond acceptors (Lipinski definition) is 2. The van der Waals surface area contributed by atoms with Crippen LogP contribution in [0.3, 0.4) is 0 Å². The van der Waals surface area contributed by atoms with Crippen molar-refractivity contribution in [3.05, 3.63) is 95.1 Å². The summed E-state index contributed by atoms with van der Waals surface area (Å²) in [4.78, 5) is 12.3. The van der Waals surface area contributed by atoms with E-state index in [-0.39, 0.29) is 5.97 Å². The van der Waals surface area contributed by atoms with Crippen molar-refractivity contribution in [2.45, 2.75) is 13.3 Å². The topological polar surface area (TPSA) is 26.3 Å². The van der Waals surface area contributed by atoms with Gasteiger partial charge in [-0.2, -0.15) is 0 Å². The van der Waals surface area contributed by atoms with Crippen LogP contribution in [0.1, 0.15) is 23.6 Å². The highest BCUT2D eigenvalue weighted by Gasteiger charge is 2.22. The van der Waals surface area contributed by atoms with E-state index < -0.39 is 0 Å². The normalized spacial score (nSPS) is 15.5. The first kappa shape index (κ1) is 15.4. The van der Waals surface area contributed by atoms with Gasteiger partial charge in [-0.3, -0.25) is 0 Å². The van der Waals surface area contributed by atoms with Crippen LogP contribution < -0.4 is 0 Å². The van der Waals surface area contributed by atoms with Crippen LogP contribution in [0.15, 0.2) is 78.4 Å². The lowest BCUT2D eigenvalue weighted by Gasteiger charge is -2.03. The maximum Gasteiger partial charge on any atom is 0.343 e. The van der Waals surface area contributed by atoms with Crippen LogP contribution in [-0.2, 0) is 16.0 Å². The third-order valence-electron chi connectivity index (χ3n) is 4.51. The Morgan fingerprint density at radius 3 is 2.48 bits per heavy atom. The van der Waals surface area contributed by atoms with E-state index in [1.807, 2.05) is 48.6 Å². The quantitative estimate of drug-likeness (QED) is 0.477. The second kappa shape index (κ2) is 6.40. The largest absolute Gasteiger partial charge is 0.422 e. The third-order valence-corrected chi connectivity index (χ3v) is 4.51. The molecule has 0 saturated heterocycles. The smallest absolute Gasteiger partial charge is 0.343 e. The maximum absolute atomic E-state index is 12.3. The van der Waals surface area contributed by atoms with E-state index in [0.29, 0.717) is 11.3 Å². The summed E-state index contributed by atoms with van der Waals surface area (Å²) in [6, 6.07) is 22.4. The van der Waals surface area contributed by atoms with Crippen molar-refractivity contribution < 1.29 is 9.53 Å². The van der Waals surface area contributed by atoms with Crippen LogP contribution in [0.5, 0.6) is 0 Å². The zero-order chi connectivity index (χ0) is 17.2. The van der Waals surface area contributed by atoms with Crippen molar-refractivity contribution in [3.8, 4) is 0 Å². The molecule has 0 saturated carbocycles. The van der Waals surface area contributed by atoms with E-state index in [0.717, 1.165) is 28.3 Å². The molecular formula is C23H18O2. The van der Waals surface area contributed by atoms with Crippen LogP contribution in [-0.4, -0.2) is 5.97 Å². The number of carbonyl (C=O) groups excluding carboxylic acids is 1. The molecule has 4 rings (SSSR count). The van der Waals surface area contributed by atoms with E-state index in [9.17, 15) is 4.79 Å². The second-order valence-corrected chi connectivity index (χ2v) is 6.12. The Morgan fingerprint density at radius 1 is 0.920 bits per heavy atom. The average Bonchev–Trinajstić information content (AvgIpc) is 3.03. The molecule has 0 aliphatic carbocycles. The lowest BCUT2D eigenvalue weighted by atomic mass is 10.0. The minimum atomic E-state index is -0.303. The summed E-state index contributed by atoms with van der Waals surface area (Å²) in [6.45, 7) is 2.12. The van der Waals surface area contributed by atoms with Gasteiger partial charge in [-0.25, -0.2) is 4.79 Å². The van der Waals surface area contributed by atoms with E-state index in [2.05, 4.69) is 37.3 Å². The van der Waals surface area contributed by atoms with E-state index in [4.69, 9.17) is 4.74 Å². The highest BCUT2D eigenvalue weighted by Crippen LogP contribution is 2.29. The lowest BCUT2D eigenvalue weighted by Crippen LogP contribution is -1.97. The molecule has 3 aromatic rings. The molecular weight excluding hydrogens is 308 g/mol. The summed E-state index contributed by atoms with van der Waals surface area (Å²) in [5.74, 6) is 0.307. The first-order valence-electron chi connectivity index (χ1n) is 8.47. The Kier molecular flexibility index (Phi) is 3.95.